The SMILES string of the molecule is [2H]c1c([2H])c(-c2cccc3oc4ccccc4c23)c([2H])c(-n2c3ccccc3c3cc(-n4c5ccccc5c5ccccc54)ccc32)c1[2H]. The van der Waals surface area contributed by atoms with Crippen molar-refractivity contribution in [2.24, 2.45) is 0 Å². The minimum atomic E-state index is -0.223. The molecule has 3 heteroatoms. The molecule has 0 radical (unpaired) electrons. The first-order chi connectivity index (χ1) is 24.0. The highest BCUT2D eigenvalue weighted by molar-refractivity contribution is 6.14. The smallest absolute Gasteiger partial charge is 0.136 e. The minimum Gasteiger partial charge on any atom is -0.456 e. The lowest BCUT2D eigenvalue weighted by atomic mass is 9.99. The monoisotopic (exact) mass is 578 g/mol. The van der Waals surface area contributed by atoms with Crippen molar-refractivity contribution in [1.82, 2.24) is 9.13 Å². The third-order valence-corrected chi connectivity index (χ3v) is 9.00. The van der Waals surface area contributed by atoms with Crippen LogP contribution in [-0.2, 0) is 0 Å². The van der Waals surface area contributed by atoms with Gasteiger partial charge in [0.1, 0.15) is 11.2 Å². The largest absolute Gasteiger partial charge is 0.456 e. The van der Waals surface area contributed by atoms with Gasteiger partial charge in [-0.05, 0) is 71.7 Å². The number of rotatable bonds is 3. The molecule has 0 fully saturated rings. The molecule has 0 saturated carbocycles. The molecule has 0 aliphatic carbocycles. The van der Waals surface area contributed by atoms with Gasteiger partial charge < -0.3 is 13.6 Å². The summed E-state index contributed by atoms with van der Waals surface area (Å²) in [5, 5.41) is 5.99. The normalized spacial score (nSPS) is 13.2. The van der Waals surface area contributed by atoms with Crippen LogP contribution >= 0.6 is 0 Å². The Morgan fingerprint density at radius 2 is 1.04 bits per heavy atom. The van der Waals surface area contributed by atoms with Gasteiger partial charge >= 0.3 is 0 Å². The van der Waals surface area contributed by atoms with Gasteiger partial charge in [-0.2, -0.15) is 0 Å². The molecule has 0 N–H and O–H groups in total. The molecule has 0 atom stereocenters. The average Bonchev–Trinajstić information content (AvgIpc) is 3.79. The van der Waals surface area contributed by atoms with E-state index in [4.69, 9.17) is 7.16 Å². The molecule has 10 rings (SSSR count). The van der Waals surface area contributed by atoms with Gasteiger partial charge in [0.05, 0.1) is 27.5 Å². The lowest BCUT2D eigenvalue weighted by Crippen LogP contribution is -1.96. The zero-order valence-electron chi connectivity index (χ0n) is 28.0. The molecule has 10 aromatic rings. The fourth-order valence-corrected chi connectivity index (χ4v) is 7.10. The van der Waals surface area contributed by atoms with Crippen molar-refractivity contribution < 1.29 is 9.90 Å². The number of fused-ring (bicyclic) bond motifs is 9. The predicted octanol–water partition coefficient (Wildman–Crippen LogP) is 11.4. The molecule has 3 aromatic heterocycles. The summed E-state index contributed by atoms with van der Waals surface area (Å²) in [6.07, 6.45) is 0. The van der Waals surface area contributed by atoms with Gasteiger partial charge in [-0.25, -0.2) is 0 Å². The van der Waals surface area contributed by atoms with E-state index in [2.05, 4.69) is 77.4 Å². The minimum absolute atomic E-state index is 0.0258. The number of hydrogen-bond donors (Lipinski definition) is 0. The number of furan rings is 1. The zero-order chi connectivity index (χ0) is 33.0. The Hall–Kier alpha value is -6.06. The number of benzene rings is 7. The first-order valence-corrected chi connectivity index (χ1v) is 15.0. The highest BCUT2D eigenvalue weighted by Gasteiger charge is 2.17. The van der Waals surface area contributed by atoms with Gasteiger partial charge in [0, 0.05) is 43.7 Å². The number of hydrogen-bond acceptors (Lipinski definition) is 1. The van der Waals surface area contributed by atoms with Gasteiger partial charge in [-0.3, -0.25) is 0 Å². The van der Waals surface area contributed by atoms with Crippen molar-refractivity contribution in [3.05, 3.63) is 158 Å². The Bertz CT molecular complexity index is 2950. The van der Waals surface area contributed by atoms with Crippen LogP contribution in [-0.4, -0.2) is 9.13 Å². The lowest BCUT2D eigenvalue weighted by Gasteiger charge is -2.12. The molecule has 0 aliphatic heterocycles. The molecule has 0 saturated heterocycles. The van der Waals surface area contributed by atoms with Gasteiger partial charge in [0.25, 0.3) is 0 Å². The third-order valence-electron chi connectivity index (χ3n) is 9.00. The van der Waals surface area contributed by atoms with Crippen molar-refractivity contribution >= 4 is 65.6 Å². The van der Waals surface area contributed by atoms with Crippen LogP contribution in [0.25, 0.3) is 88.1 Å². The topological polar surface area (TPSA) is 23.0 Å². The van der Waals surface area contributed by atoms with E-state index >= 15 is 0 Å². The zero-order valence-corrected chi connectivity index (χ0v) is 24.0. The van der Waals surface area contributed by atoms with Gasteiger partial charge in [0.15, 0.2) is 0 Å². The molecule has 7 aromatic carbocycles. The second-order valence-electron chi connectivity index (χ2n) is 11.4. The summed E-state index contributed by atoms with van der Waals surface area (Å²) in [6.45, 7) is 0. The van der Waals surface area contributed by atoms with Crippen LogP contribution < -0.4 is 0 Å². The second-order valence-corrected chi connectivity index (χ2v) is 11.4. The van der Waals surface area contributed by atoms with Gasteiger partial charge in [0.2, 0.25) is 0 Å². The maximum absolute atomic E-state index is 9.68. The summed E-state index contributed by atoms with van der Waals surface area (Å²) in [6, 6.07) is 44.1. The van der Waals surface area contributed by atoms with E-state index in [0.29, 0.717) is 22.3 Å². The number of aromatic nitrogens is 2. The maximum atomic E-state index is 9.68. The molecular formula is C42H26N2O. The summed E-state index contributed by atoms with van der Waals surface area (Å²) < 4.78 is 47.3. The number of para-hydroxylation sites is 4. The fraction of sp³-hybridized carbons (Fsp3) is 0. The quantitative estimate of drug-likeness (QED) is 0.204. The Balaban J connectivity index is 1.28. The average molecular weight is 579 g/mol. The molecule has 0 unspecified atom stereocenters. The van der Waals surface area contributed by atoms with E-state index in [-0.39, 0.29) is 29.9 Å². The Kier molecular flexibility index (Phi) is 4.26. The van der Waals surface area contributed by atoms with E-state index < -0.39 is 0 Å². The Morgan fingerprint density at radius 3 is 1.78 bits per heavy atom. The van der Waals surface area contributed by atoms with Crippen LogP contribution in [0.2, 0.25) is 0 Å². The first-order valence-electron chi connectivity index (χ1n) is 17.0. The van der Waals surface area contributed by atoms with Crippen LogP contribution in [0.3, 0.4) is 0 Å². The van der Waals surface area contributed by atoms with Crippen LogP contribution in [0.4, 0.5) is 0 Å². The summed E-state index contributed by atoms with van der Waals surface area (Å²) >= 11 is 0. The molecule has 3 heterocycles. The van der Waals surface area contributed by atoms with E-state index in [0.717, 1.165) is 49.3 Å². The predicted molar refractivity (Wildman–Crippen MR) is 188 cm³/mol. The fourth-order valence-electron chi connectivity index (χ4n) is 7.10. The lowest BCUT2D eigenvalue weighted by molar-refractivity contribution is 0.669. The molecule has 0 aliphatic rings. The second kappa shape index (κ2) is 9.22. The van der Waals surface area contributed by atoms with E-state index in [1.54, 1.807) is 0 Å². The van der Waals surface area contributed by atoms with Crippen LogP contribution in [0.1, 0.15) is 5.48 Å². The Labute approximate surface area is 264 Å². The van der Waals surface area contributed by atoms with Gasteiger partial charge in [-0.1, -0.05) is 97.0 Å². The summed E-state index contributed by atoms with van der Waals surface area (Å²) in [7, 11) is 0. The van der Waals surface area contributed by atoms with Crippen LogP contribution in [0.5, 0.6) is 0 Å². The first kappa shape index (κ1) is 20.8. The van der Waals surface area contributed by atoms with Crippen LogP contribution in [0.15, 0.2) is 162 Å². The van der Waals surface area contributed by atoms with Crippen molar-refractivity contribution in [2.45, 2.75) is 0 Å². The van der Waals surface area contributed by atoms with E-state index in [1.807, 2.05) is 65.2 Å². The highest BCUT2D eigenvalue weighted by Crippen LogP contribution is 2.40. The molecular weight excluding hydrogens is 548 g/mol. The van der Waals surface area contributed by atoms with Gasteiger partial charge in [-0.15, -0.1) is 0 Å². The van der Waals surface area contributed by atoms with Crippen LogP contribution in [0, 0.1) is 0 Å². The molecule has 0 amide bonds. The van der Waals surface area contributed by atoms with Crippen molar-refractivity contribution in [3.8, 4) is 22.5 Å². The van der Waals surface area contributed by atoms with E-state index in [9.17, 15) is 2.74 Å². The molecule has 45 heavy (non-hydrogen) atoms. The maximum Gasteiger partial charge on any atom is 0.136 e. The summed E-state index contributed by atoms with van der Waals surface area (Å²) in [5.74, 6) is 0. The standard InChI is InChI=1S/C42H26N2O/c1-5-18-36-31(13-1)32-14-2-6-19-37(32)44(36)29-23-24-39-35(26-29)33-15-3-7-20-38(33)43(39)28-12-9-11-27(25-28)30-17-10-22-41-42(30)34-16-4-8-21-40(34)45-41/h1-26H/i9D,11D,12D,25D. The highest BCUT2D eigenvalue weighted by atomic mass is 16.3. The molecule has 0 spiro atoms. The summed E-state index contributed by atoms with van der Waals surface area (Å²) in [4.78, 5) is 0. The third kappa shape index (κ3) is 3.46. The van der Waals surface area contributed by atoms with Crippen molar-refractivity contribution in [3.63, 3.8) is 0 Å². The van der Waals surface area contributed by atoms with Crippen molar-refractivity contribution in [1.29, 1.82) is 0 Å². The molecule has 210 valence electrons. The number of nitrogens with zero attached hydrogens (tertiary/aromatic N) is 2. The van der Waals surface area contributed by atoms with Crippen molar-refractivity contribution in [2.75, 3.05) is 0 Å². The molecule has 3 nitrogen and oxygen atoms in total. The molecule has 0 bridgehead atoms. The Morgan fingerprint density at radius 1 is 0.467 bits per heavy atom. The van der Waals surface area contributed by atoms with E-state index in [1.165, 1.54) is 10.8 Å². The summed E-state index contributed by atoms with van der Waals surface area (Å²) in [5.41, 5.74) is 7.47.